The third-order valence-corrected chi connectivity index (χ3v) is 8.63. The summed E-state index contributed by atoms with van der Waals surface area (Å²) in [6, 6.07) is 9.58. The number of aliphatic hydroxyl groups is 1. The second kappa shape index (κ2) is 6.97. The zero-order valence-corrected chi connectivity index (χ0v) is 18.1. The first-order chi connectivity index (χ1) is 14.9. The number of hydrogen-bond donors (Lipinski definition) is 3. The van der Waals surface area contributed by atoms with E-state index in [4.69, 9.17) is 16.6 Å². The van der Waals surface area contributed by atoms with Gasteiger partial charge in [0.05, 0.1) is 23.2 Å². The molecular formula is C24H28ClN3O3. The fourth-order valence-electron chi connectivity index (χ4n) is 7.62. The number of aromatic nitrogens is 1. The molecule has 6 nitrogen and oxygen atoms in total. The molecule has 7 heteroatoms. The van der Waals surface area contributed by atoms with Crippen molar-refractivity contribution in [1.82, 2.24) is 9.88 Å². The van der Waals surface area contributed by atoms with E-state index < -0.39 is 11.7 Å². The van der Waals surface area contributed by atoms with Gasteiger partial charge in [-0.1, -0.05) is 11.6 Å². The topological polar surface area (TPSA) is 85.7 Å². The van der Waals surface area contributed by atoms with E-state index in [0.717, 1.165) is 55.2 Å². The van der Waals surface area contributed by atoms with Crippen molar-refractivity contribution in [3.63, 3.8) is 0 Å². The number of hydrogen-bond acceptors (Lipinski definition) is 4. The second-order valence-corrected chi connectivity index (χ2v) is 10.7. The van der Waals surface area contributed by atoms with Gasteiger partial charge in [0, 0.05) is 17.0 Å². The molecule has 0 radical (unpaired) electrons. The molecular weight excluding hydrogens is 414 g/mol. The predicted octanol–water partition coefficient (Wildman–Crippen LogP) is 4.61. The molecule has 164 valence electrons. The van der Waals surface area contributed by atoms with Crippen LogP contribution in [-0.2, 0) is 0 Å². The Morgan fingerprint density at radius 3 is 2.65 bits per heavy atom. The van der Waals surface area contributed by atoms with Gasteiger partial charge < -0.3 is 20.4 Å². The van der Waals surface area contributed by atoms with Crippen LogP contribution in [0.15, 0.2) is 30.3 Å². The van der Waals surface area contributed by atoms with Gasteiger partial charge in [-0.25, -0.2) is 9.78 Å². The van der Waals surface area contributed by atoms with Crippen LogP contribution in [0.25, 0.3) is 10.9 Å². The molecule has 1 aliphatic heterocycles. The maximum absolute atomic E-state index is 12.1. The molecule has 2 heterocycles. The van der Waals surface area contributed by atoms with E-state index in [-0.39, 0.29) is 12.1 Å². The minimum atomic E-state index is -0.831. The summed E-state index contributed by atoms with van der Waals surface area (Å²) >= 11 is 6.09. The summed E-state index contributed by atoms with van der Waals surface area (Å²) in [5.74, 6) is 2.53. The number of amides is 1. The first kappa shape index (κ1) is 19.6. The highest BCUT2D eigenvalue weighted by molar-refractivity contribution is 6.31. The number of fused-ring (bicyclic) bond motifs is 1. The van der Waals surface area contributed by atoms with Crippen LogP contribution in [0.2, 0.25) is 5.02 Å². The fourth-order valence-corrected chi connectivity index (χ4v) is 7.80. The highest BCUT2D eigenvalue weighted by atomic mass is 35.5. The molecule has 5 fully saturated rings. The van der Waals surface area contributed by atoms with Gasteiger partial charge >= 0.3 is 6.09 Å². The maximum Gasteiger partial charge on any atom is 0.407 e. The molecule has 7 atom stereocenters. The Hall–Kier alpha value is -2.05. The molecule has 1 amide bonds. The molecule has 4 bridgehead atoms. The third-order valence-electron chi connectivity index (χ3n) is 8.39. The highest BCUT2D eigenvalue weighted by Gasteiger charge is 2.59. The Morgan fingerprint density at radius 1 is 1.16 bits per heavy atom. The van der Waals surface area contributed by atoms with E-state index >= 15 is 0 Å². The Morgan fingerprint density at radius 2 is 1.94 bits per heavy atom. The van der Waals surface area contributed by atoms with E-state index in [1.807, 2.05) is 30.3 Å². The first-order valence-electron chi connectivity index (χ1n) is 11.4. The van der Waals surface area contributed by atoms with Crippen LogP contribution >= 0.6 is 11.6 Å². The normalized spacial score (nSPS) is 38.7. The number of likely N-dealkylation sites (tertiary alicyclic amines) is 1. The number of nitrogens with zero attached hydrogens (tertiary/aromatic N) is 2. The lowest BCUT2D eigenvalue weighted by Crippen LogP contribution is -2.61. The molecule has 2 aromatic rings. The average Bonchev–Trinajstić information content (AvgIpc) is 3.10. The molecule has 7 rings (SSSR count). The van der Waals surface area contributed by atoms with Gasteiger partial charge in [-0.05, 0) is 92.5 Å². The molecule has 4 aliphatic carbocycles. The Bertz CT molecular complexity index is 1030. The van der Waals surface area contributed by atoms with Crippen LogP contribution < -0.4 is 5.32 Å². The van der Waals surface area contributed by atoms with Gasteiger partial charge in [0.15, 0.2) is 0 Å². The highest BCUT2D eigenvalue weighted by Crippen LogP contribution is 2.60. The number of halogens is 1. The number of pyridine rings is 1. The average molecular weight is 442 g/mol. The molecule has 4 saturated carbocycles. The van der Waals surface area contributed by atoms with E-state index in [0.29, 0.717) is 35.2 Å². The lowest BCUT2D eigenvalue weighted by Gasteiger charge is -2.60. The van der Waals surface area contributed by atoms with Crippen LogP contribution in [0.3, 0.4) is 0 Å². The summed E-state index contributed by atoms with van der Waals surface area (Å²) in [4.78, 5) is 18.6. The zero-order chi connectivity index (χ0) is 21.3. The maximum atomic E-state index is 12.1. The summed E-state index contributed by atoms with van der Waals surface area (Å²) in [5, 5.41) is 26.2. The van der Waals surface area contributed by atoms with Crippen LogP contribution in [0.1, 0.15) is 38.5 Å². The largest absolute Gasteiger partial charge is 0.465 e. The number of anilines is 1. The zero-order valence-electron chi connectivity index (χ0n) is 17.4. The van der Waals surface area contributed by atoms with E-state index in [2.05, 4.69) is 5.32 Å². The fraction of sp³-hybridized carbons (Fsp3) is 0.583. The number of carboxylic acid groups (broad SMARTS) is 1. The Kier molecular flexibility index (Phi) is 4.41. The molecule has 5 unspecified atom stereocenters. The minimum Gasteiger partial charge on any atom is -0.465 e. The summed E-state index contributed by atoms with van der Waals surface area (Å²) in [6.45, 7) is 0.546. The molecule has 1 aromatic carbocycles. The lowest BCUT2D eigenvalue weighted by molar-refractivity contribution is -0.162. The van der Waals surface area contributed by atoms with Crippen molar-refractivity contribution in [2.45, 2.75) is 56.2 Å². The van der Waals surface area contributed by atoms with Gasteiger partial charge in [-0.15, -0.1) is 0 Å². The number of benzene rings is 1. The predicted molar refractivity (Wildman–Crippen MR) is 119 cm³/mol. The van der Waals surface area contributed by atoms with Crippen LogP contribution in [0, 0.1) is 23.7 Å². The summed E-state index contributed by atoms with van der Waals surface area (Å²) in [7, 11) is 0. The van der Waals surface area contributed by atoms with Crippen molar-refractivity contribution in [2.24, 2.45) is 23.7 Å². The summed E-state index contributed by atoms with van der Waals surface area (Å²) in [6.07, 6.45) is 4.81. The van der Waals surface area contributed by atoms with Crippen molar-refractivity contribution in [2.75, 3.05) is 11.9 Å². The molecule has 5 aliphatic rings. The summed E-state index contributed by atoms with van der Waals surface area (Å²) in [5.41, 5.74) is 0.361. The first-order valence-corrected chi connectivity index (χ1v) is 11.8. The molecule has 0 spiro atoms. The van der Waals surface area contributed by atoms with Crippen molar-refractivity contribution >= 4 is 34.4 Å². The lowest BCUT2D eigenvalue weighted by atomic mass is 9.48. The smallest absolute Gasteiger partial charge is 0.407 e. The van der Waals surface area contributed by atoms with Crippen molar-refractivity contribution in [1.29, 1.82) is 0 Å². The molecule has 3 N–H and O–H groups in total. The number of nitrogens with one attached hydrogen (secondary N) is 1. The van der Waals surface area contributed by atoms with Crippen LogP contribution in [-0.4, -0.2) is 50.4 Å². The van der Waals surface area contributed by atoms with Gasteiger partial charge in [0.2, 0.25) is 0 Å². The van der Waals surface area contributed by atoms with Gasteiger partial charge in [-0.3, -0.25) is 0 Å². The molecule has 1 saturated heterocycles. The van der Waals surface area contributed by atoms with Gasteiger partial charge in [-0.2, -0.15) is 0 Å². The third kappa shape index (κ3) is 3.26. The molecule has 31 heavy (non-hydrogen) atoms. The SMILES string of the molecule is O=C(O)N1CCC(Nc2ccc3cc(Cl)ccc3n2)C1C1[C@@H]2CC3C[C@H]1CC(O)(C3)C2. The van der Waals surface area contributed by atoms with Gasteiger partial charge in [0.1, 0.15) is 5.82 Å². The monoisotopic (exact) mass is 441 g/mol. The van der Waals surface area contributed by atoms with E-state index in [1.54, 1.807) is 4.90 Å². The Balaban J connectivity index is 1.30. The van der Waals surface area contributed by atoms with Crippen molar-refractivity contribution in [3.8, 4) is 0 Å². The number of carbonyl (C=O) groups is 1. The van der Waals surface area contributed by atoms with Gasteiger partial charge in [0.25, 0.3) is 0 Å². The second-order valence-electron chi connectivity index (χ2n) is 10.3. The summed E-state index contributed by atoms with van der Waals surface area (Å²) < 4.78 is 0. The van der Waals surface area contributed by atoms with Crippen molar-refractivity contribution in [3.05, 3.63) is 35.4 Å². The number of rotatable bonds is 3. The standard InChI is InChI=1S/C24H28ClN3O3/c25-17-2-3-18-14(9-17)1-4-20(26-18)27-19-5-6-28(23(29)30)22(19)21-15-7-13-8-16(21)12-24(31,10-13)11-15/h1-4,9,13,15-16,19,21-22,31H,5-8,10-12H2,(H,26,27)(H,29,30)/t13?,15-,16+,19?,21?,22?,24?. The Labute approximate surface area is 186 Å². The van der Waals surface area contributed by atoms with Crippen LogP contribution in [0.4, 0.5) is 10.6 Å². The van der Waals surface area contributed by atoms with E-state index in [9.17, 15) is 15.0 Å². The minimum absolute atomic E-state index is 0.0329. The van der Waals surface area contributed by atoms with Crippen LogP contribution in [0.5, 0.6) is 0 Å². The van der Waals surface area contributed by atoms with E-state index in [1.165, 1.54) is 0 Å². The quantitative estimate of drug-likeness (QED) is 0.647. The molecule has 1 aromatic heterocycles. The van der Waals surface area contributed by atoms with Crippen molar-refractivity contribution < 1.29 is 15.0 Å².